The Kier molecular flexibility index (Phi) is 4.15. The zero-order chi connectivity index (χ0) is 14.7. The fraction of sp³-hybridized carbons (Fsp3) is 0.294. The third-order valence-corrected chi connectivity index (χ3v) is 4.68. The molecular formula is C17H18N2OS. The molecule has 0 saturated carbocycles. The molecule has 2 aromatic rings. The second-order valence-corrected chi connectivity index (χ2v) is 6.55. The van der Waals surface area contributed by atoms with Crippen LogP contribution in [0.15, 0.2) is 36.4 Å². The van der Waals surface area contributed by atoms with Gasteiger partial charge in [-0.2, -0.15) is 0 Å². The first-order chi connectivity index (χ1) is 10.2. The number of amides is 1. The molecule has 0 bridgehead atoms. The minimum atomic E-state index is -0.127. The Morgan fingerprint density at radius 1 is 1.38 bits per heavy atom. The molecule has 1 aromatic carbocycles. The predicted molar refractivity (Wildman–Crippen MR) is 87.4 cm³/mol. The quantitative estimate of drug-likeness (QED) is 0.873. The molecule has 0 aliphatic heterocycles. The highest BCUT2D eigenvalue weighted by atomic mass is 32.1. The van der Waals surface area contributed by atoms with Crippen LogP contribution in [-0.4, -0.2) is 10.9 Å². The molecule has 108 valence electrons. The van der Waals surface area contributed by atoms with Crippen LogP contribution in [0.4, 0.5) is 5.13 Å². The van der Waals surface area contributed by atoms with Gasteiger partial charge in [-0.1, -0.05) is 37.3 Å². The first-order valence-corrected chi connectivity index (χ1v) is 8.05. The molecule has 0 radical (unpaired) electrons. The Balaban J connectivity index is 1.64. The molecule has 3 rings (SSSR count). The number of nitrogens with one attached hydrogen (secondary N) is 1. The van der Waals surface area contributed by atoms with Crippen molar-refractivity contribution in [1.82, 2.24) is 4.98 Å². The van der Waals surface area contributed by atoms with Crippen molar-refractivity contribution in [2.45, 2.75) is 26.2 Å². The van der Waals surface area contributed by atoms with Gasteiger partial charge in [0.2, 0.25) is 5.91 Å². The topological polar surface area (TPSA) is 42.0 Å². The molecule has 21 heavy (non-hydrogen) atoms. The average molecular weight is 298 g/mol. The summed E-state index contributed by atoms with van der Waals surface area (Å²) in [6.07, 6.45) is 6.67. The van der Waals surface area contributed by atoms with Gasteiger partial charge in [0, 0.05) is 11.0 Å². The number of thiazole rings is 1. The van der Waals surface area contributed by atoms with Crippen LogP contribution in [0.2, 0.25) is 0 Å². The lowest BCUT2D eigenvalue weighted by Crippen LogP contribution is -2.09. The molecule has 0 saturated heterocycles. The number of hydrogen-bond acceptors (Lipinski definition) is 3. The van der Waals surface area contributed by atoms with Crippen molar-refractivity contribution in [3.63, 3.8) is 0 Å². The molecule has 1 N–H and O–H groups in total. The summed E-state index contributed by atoms with van der Waals surface area (Å²) < 4.78 is 0. The van der Waals surface area contributed by atoms with Gasteiger partial charge in [0.05, 0.1) is 5.69 Å². The van der Waals surface area contributed by atoms with E-state index in [-0.39, 0.29) is 5.91 Å². The number of hydrogen-bond donors (Lipinski definition) is 1. The van der Waals surface area contributed by atoms with E-state index in [1.165, 1.54) is 17.0 Å². The van der Waals surface area contributed by atoms with Crippen LogP contribution < -0.4 is 5.32 Å². The normalized spacial score (nSPS) is 17.7. The zero-order valence-electron chi connectivity index (χ0n) is 12.0. The number of fused-ring (bicyclic) bond motifs is 1. The van der Waals surface area contributed by atoms with Crippen LogP contribution in [0, 0.1) is 5.92 Å². The van der Waals surface area contributed by atoms with Gasteiger partial charge in [-0.15, -0.1) is 11.3 Å². The Morgan fingerprint density at radius 3 is 3.00 bits per heavy atom. The first-order valence-electron chi connectivity index (χ1n) is 7.23. The van der Waals surface area contributed by atoms with Gasteiger partial charge in [0.25, 0.3) is 0 Å². The maximum absolute atomic E-state index is 11.9. The summed E-state index contributed by atoms with van der Waals surface area (Å²) in [4.78, 5) is 17.8. The van der Waals surface area contributed by atoms with Crippen molar-refractivity contribution in [2.24, 2.45) is 5.92 Å². The number of aryl methyl sites for hydroxylation is 1. The number of aromatic nitrogens is 1. The molecule has 1 aliphatic carbocycles. The fourth-order valence-electron chi connectivity index (χ4n) is 2.48. The van der Waals surface area contributed by atoms with Crippen LogP contribution in [0.5, 0.6) is 0 Å². The van der Waals surface area contributed by atoms with Crippen molar-refractivity contribution < 1.29 is 4.79 Å². The van der Waals surface area contributed by atoms with Crippen LogP contribution >= 0.6 is 11.3 Å². The van der Waals surface area contributed by atoms with E-state index < -0.39 is 0 Å². The minimum Gasteiger partial charge on any atom is -0.298 e. The second kappa shape index (κ2) is 6.22. The highest BCUT2D eigenvalue weighted by molar-refractivity contribution is 7.15. The van der Waals surface area contributed by atoms with E-state index in [0.29, 0.717) is 0 Å². The van der Waals surface area contributed by atoms with Gasteiger partial charge >= 0.3 is 0 Å². The Hall–Kier alpha value is -1.94. The Morgan fingerprint density at radius 2 is 2.19 bits per heavy atom. The van der Waals surface area contributed by atoms with Crippen LogP contribution in [0.25, 0.3) is 6.08 Å². The maximum atomic E-state index is 11.9. The number of nitrogens with zero attached hydrogens (tertiary/aromatic N) is 1. The summed E-state index contributed by atoms with van der Waals surface area (Å²) in [5.41, 5.74) is 2.18. The molecule has 0 fully saturated rings. The molecule has 3 nitrogen and oxygen atoms in total. The maximum Gasteiger partial charge on any atom is 0.250 e. The second-order valence-electron chi connectivity index (χ2n) is 5.47. The smallest absolute Gasteiger partial charge is 0.250 e. The van der Waals surface area contributed by atoms with E-state index in [1.807, 2.05) is 36.4 Å². The number of anilines is 1. The molecule has 0 spiro atoms. The molecule has 1 amide bonds. The number of carbonyl (C=O) groups is 1. The molecule has 1 aliphatic rings. The van der Waals surface area contributed by atoms with Gasteiger partial charge < -0.3 is 0 Å². The van der Waals surface area contributed by atoms with Crippen molar-refractivity contribution in [1.29, 1.82) is 0 Å². The van der Waals surface area contributed by atoms with Crippen LogP contribution in [-0.2, 0) is 17.6 Å². The number of benzene rings is 1. The molecule has 4 heteroatoms. The summed E-state index contributed by atoms with van der Waals surface area (Å²) in [5, 5.41) is 3.59. The summed E-state index contributed by atoms with van der Waals surface area (Å²) in [7, 11) is 0. The SMILES string of the molecule is CC1CCc2nc(NC(=O)C=Cc3ccccc3)sc2C1. The van der Waals surface area contributed by atoms with E-state index in [9.17, 15) is 4.79 Å². The zero-order valence-corrected chi connectivity index (χ0v) is 12.8. The highest BCUT2D eigenvalue weighted by Crippen LogP contribution is 2.32. The summed E-state index contributed by atoms with van der Waals surface area (Å²) in [6, 6.07) is 9.79. The Bertz CT molecular complexity index is 661. The van der Waals surface area contributed by atoms with Gasteiger partial charge in [-0.3, -0.25) is 10.1 Å². The lowest BCUT2D eigenvalue weighted by atomic mass is 9.93. The molecular weight excluding hydrogens is 280 g/mol. The van der Waals surface area contributed by atoms with E-state index in [1.54, 1.807) is 17.4 Å². The third-order valence-electron chi connectivity index (χ3n) is 3.64. The largest absolute Gasteiger partial charge is 0.298 e. The van der Waals surface area contributed by atoms with Gasteiger partial charge in [0.15, 0.2) is 5.13 Å². The number of carbonyl (C=O) groups excluding carboxylic acids is 1. The van der Waals surface area contributed by atoms with Crippen molar-refractivity contribution in [2.75, 3.05) is 5.32 Å². The summed E-state index contributed by atoms with van der Waals surface area (Å²) in [6.45, 7) is 2.27. The average Bonchev–Trinajstić information content (AvgIpc) is 2.87. The lowest BCUT2D eigenvalue weighted by molar-refractivity contribution is -0.111. The summed E-state index contributed by atoms with van der Waals surface area (Å²) >= 11 is 1.61. The lowest BCUT2D eigenvalue weighted by Gasteiger charge is -2.15. The summed E-state index contributed by atoms with van der Waals surface area (Å²) in [5.74, 6) is 0.595. The van der Waals surface area contributed by atoms with Crippen LogP contribution in [0.1, 0.15) is 29.5 Å². The van der Waals surface area contributed by atoms with E-state index in [2.05, 4.69) is 17.2 Å². The van der Waals surface area contributed by atoms with Gasteiger partial charge in [0.1, 0.15) is 0 Å². The van der Waals surface area contributed by atoms with E-state index in [0.717, 1.165) is 29.5 Å². The van der Waals surface area contributed by atoms with E-state index in [4.69, 9.17) is 0 Å². The molecule has 1 atom stereocenters. The van der Waals surface area contributed by atoms with Gasteiger partial charge in [-0.25, -0.2) is 4.98 Å². The fourth-order valence-corrected chi connectivity index (χ4v) is 3.65. The first kappa shape index (κ1) is 14.0. The minimum absolute atomic E-state index is 0.127. The standard InChI is InChI=1S/C17H18N2OS/c1-12-7-9-14-15(11-12)21-17(18-14)19-16(20)10-8-13-5-3-2-4-6-13/h2-6,8,10,12H,7,9,11H2,1H3,(H,18,19,20). The molecule has 1 heterocycles. The predicted octanol–water partition coefficient (Wildman–Crippen LogP) is 3.92. The molecule has 1 unspecified atom stereocenters. The van der Waals surface area contributed by atoms with Gasteiger partial charge in [-0.05, 0) is 36.8 Å². The van der Waals surface area contributed by atoms with Crippen LogP contribution in [0.3, 0.4) is 0 Å². The highest BCUT2D eigenvalue weighted by Gasteiger charge is 2.20. The van der Waals surface area contributed by atoms with Crippen molar-refractivity contribution >= 4 is 28.5 Å². The van der Waals surface area contributed by atoms with Crippen molar-refractivity contribution in [3.05, 3.63) is 52.5 Å². The number of rotatable bonds is 3. The monoisotopic (exact) mass is 298 g/mol. The molecule has 1 aromatic heterocycles. The van der Waals surface area contributed by atoms with E-state index >= 15 is 0 Å². The third kappa shape index (κ3) is 3.58. The Labute approximate surface area is 128 Å². The van der Waals surface area contributed by atoms with Crippen molar-refractivity contribution in [3.8, 4) is 0 Å².